The predicted molar refractivity (Wildman–Crippen MR) is 73.0 cm³/mol. The fraction of sp³-hybridized carbons (Fsp3) is 0.667. The van der Waals surface area contributed by atoms with E-state index in [9.17, 15) is 9.59 Å². The molecule has 116 valence electrons. The van der Waals surface area contributed by atoms with E-state index in [0.29, 0.717) is 18.8 Å². The number of hydrogen-bond acceptors (Lipinski definition) is 7. The smallest absolute Gasteiger partial charge is 0.320 e. The van der Waals surface area contributed by atoms with Crippen LogP contribution in [0.15, 0.2) is 6.33 Å². The summed E-state index contributed by atoms with van der Waals surface area (Å²) in [4.78, 5) is 21.9. The molecule has 0 bridgehead atoms. The van der Waals surface area contributed by atoms with Gasteiger partial charge in [-0.2, -0.15) is 0 Å². The monoisotopic (exact) mass is 296 g/mol. The van der Waals surface area contributed by atoms with Crippen LogP contribution in [-0.4, -0.2) is 50.0 Å². The van der Waals surface area contributed by atoms with Crippen molar-refractivity contribution in [3.63, 3.8) is 0 Å². The summed E-state index contributed by atoms with van der Waals surface area (Å²) in [5.74, 6) is -0.648. The van der Waals surface area contributed by atoms with Crippen LogP contribution in [0.1, 0.15) is 37.9 Å². The molecule has 0 spiro atoms. The fourth-order valence-corrected chi connectivity index (χ4v) is 1.64. The second-order valence-corrected chi connectivity index (χ2v) is 4.61. The van der Waals surface area contributed by atoms with Gasteiger partial charge in [0.2, 0.25) is 5.91 Å². The summed E-state index contributed by atoms with van der Waals surface area (Å²) in [7, 11) is 0. The first-order valence-corrected chi connectivity index (χ1v) is 6.84. The Balaban J connectivity index is 1.98. The lowest BCUT2D eigenvalue weighted by atomic mass is 10.1. The van der Waals surface area contributed by atoms with Crippen molar-refractivity contribution in [3.05, 3.63) is 12.2 Å². The Morgan fingerprint density at radius 3 is 2.62 bits per heavy atom. The van der Waals surface area contributed by atoms with Gasteiger partial charge in [-0.3, -0.25) is 9.59 Å². The summed E-state index contributed by atoms with van der Waals surface area (Å²) in [6.45, 7) is 0.563. The van der Waals surface area contributed by atoms with Crippen LogP contribution >= 0.6 is 0 Å². The molecule has 9 nitrogen and oxygen atoms in total. The molecule has 1 unspecified atom stereocenters. The van der Waals surface area contributed by atoms with Crippen LogP contribution in [0.25, 0.3) is 0 Å². The number of hydrogen-bond donors (Lipinski definition) is 3. The standard InChI is InChI=1S/C12H20N6O3/c13-9(12(20)21)5-6-11(19)14-7-3-1-2-4-10-17-15-8-16-18-10/h8-9H,1-7,13H2,(H,14,19)(H,20,21). The molecule has 0 radical (unpaired) electrons. The van der Waals surface area contributed by atoms with Gasteiger partial charge in [0, 0.05) is 19.4 Å². The van der Waals surface area contributed by atoms with E-state index >= 15 is 0 Å². The van der Waals surface area contributed by atoms with Crippen molar-refractivity contribution in [1.82, 2.24) is 25.7 Å². The lowest BCUT2D eigenvalue weighted by molar-refractivity contribution is -0.138. The van der Waals surface area contributed by atoms with E-state index in [2.05, 4.69) is 25.7 Å². The molecule has 0 aliphatic heterocycles. The molecule has 1 aromatic rings. The molecule has 0 aliphatic carbocycles. The van der Waals surface area contributed by atoms with Gasteiger partial charge in [-0.05, 0) is 19.3 Å². The highest BCUT2D eigenvalue weighted by Crippen LogP contribution is 2.00. The molecule has 9 heteroatoms. The second-order valence-electron chi connectivity index (χ2n) is 4.61. The fourth-order valence-electron chi connectivity index (χ4n) is 1.64. The first-order valence-electron chi connectivity index (χ1n) is 6.84. The van der Waals surface area contributed by atoms with E-state index in [1.54, 1.807) is 0 Å². The van der Waals surface area contributed by atoms with E-state index in [1.807, 2.05) is 0 Å². The molecular formula is C12H20N6O3. The largest absolute Gasteiger partial charge is 0.480 e. The number of aromatic nitrogens is 4. The topological polar surface area (TPSA) is 144 Å². The Bertz CT molecular complexity index is 442. The number of amides is 1. The molecule has 4 N–H and O–H groups in total. The van der Waals surface area contributed by atoms with Gasteiger partial charge in [0.1, 0.15) is 6.04 Å². The van der Waals surface area contributed by atoms with Crippen LogP contribution in [-0.2, 0) is 16.0 Å². The highest BCUT2D eigenvalue weighted by atomic mass is 16.4. The van der Waals surface area contributed by atoms with Crippen LogP contribution in [0.5, 0.6) is 0 Å². The number of nitrogens with one attached hydrogen (secondary N) is 1. The average molecular weight is 296 g/mol. The average Bonchev–Trinajstić information content (AvgIpc) is 2.49. The first-order chi connectivity index (χ1) is 10.1. The Kier molecular flexibility index (Phi) is 7.80. The number of carbonyl (C=O) groups excluding carboxylic acids is 1. The maximum atomic E-state index is 11.4. The van der Waals surface area contributed by atoms with E-state index in [1.165, 1.54) is 6.33 Å². The minimum Gasteiger partial charge on any atom is -0.480 e. The van der Waals surface area contributed by atoms with Crippen molar-refractivity contribution >= 4 is 11.9 Å². The molecule has 1 atom stereocenters. The number of unbranched alkanes of at least 4 members (excludes halogenated alkanes) is 2. The molecule has 1 amide bonds. The number of carboxylic acids is 1. The van der Waals surface area contributed by atoms with Gasteiger partial charge >= 0.3 is 5.97 Å². The molecule has 0 saturated heterocycles. The van der Waals surface area contributed by atoms with E-state index in [0.717, 1.165) is 19.3 Å². The van der Waals surface area contributed by atoms with Crippen LogP contribution in [0.2, 0.25) is 0 Å². The highest BCUT2D eigenvalue weighted by molar-refractivity contribution is 5.78. The Hall–Kier alpha value is -2.16. The summed E-state index contributed by atoms with van der Waals surface area (Å²) >= 11 is 0. The molecule has 0 saturated carbocycles. The third-order valence-electron chi connectivity index (χ3n) is 2.85. The maximum absolute atomic E-state index is 11.4. The zero-order valence-corrected chi connectivity index (χ0v) is 11.7. The van der Waals surface area contributed by atoms with Crippen molar-refractivity contribution in [2.75, 3.05) is 6.54 Å². The predicted octanol–water partition coefficient (Wildman–Crippen LogP) is -0.712. The van der Waals surface area contributed by atoms with Crippen molar-refractivity contribution in [2.45, 2.75) is 44.6 Å². The van der Waals surface area contributed by atoms with Crippen molar-refractivity contribution in [2.24, 2.45) is 5.73 Å². The molecule has 0 fully saturated rings. The third kappa shape index (κ3) is 7.88. The summed E-state index contributed by atoms with van der Waals surface area (Å²) in [6, 6.07) is -0.983. The number of rotatable bonds is 10. The van der Waals surface area contributed by atoms with E-state index in [4.69, 9.17) is 10.8 Å². The molecule has 0 aromatic carbocycles. The van der Waals surface area contributed by atoms with E-state index < -0.39 is 12.0 Å². The first kappa shape index (κ1) is 16.9. The Morgan fingerprint density at radius 1 is 1.24 bits per heavy atom. The highest BCUT2D eigenvalue weighted by Gasteiger charge is 2.12. The quantitative estimate of drug-likeness (QED) is 0.480. The van der Waals surface area contributed by atoms with Gasteiger partial charge in [0.25, 0.3) is 0 Å². The maximum Gasteiger partial charge on any atom is 0.320 e. The van der Waals surface area contributed by atoms with Gasteiger partial charge in [0.15, 0.2) is 12.2 Å². The van der Waals surface area contributed by atoms with Gasteiger partial charge in [0.05, 0.1) is 0 Å². The van der Waals surface area contributed by atoms with Crippen LogP contribution < -0.4 is 11.1 Å². The minimum absolute atomic E-state index is 0.128. The normalized spacial score (nSPS) is 11.9. The molecular weight excluding hydrogens is 276 g/mol. The van der Waals surface area contributed by atoms with Gasteiger partial charge in [-0.1, -0.05) is 6.42 Å². The number of carbonyl (C=O) groups is 2. The number of aliphatic carboxylic acids is 1. The number of aryl methyl sites for hydroxylation is 1. The number of nitrogens with two attached hydrogens (primary N) is 1. The lowest BCUT2D eigenvalue weighted by Gasteiger charge is -2.07. The molecule has 1 heterocycles. The van der Waals surface area contributed by atoms with E-state index in [-0.39, 0.29) is 18.7 Å². The summed E-state index contributed by atoms with van der Waals surface area (Å²) < 4.78 is 0. The van der Waals surface area contributed by atoms with Crippen LogP contribution in [0.3, 0.4) is 0 Å². The zero-order valence-electron chi connectivity index (χ0n) is 11.7. The van der Waals surface area contributed by atoms with Gasteiger partial charge < -0.3 is 16.2 Å². The summed E-state index contributed by atoms with van der Waals surface area (Å²) in [5.41, 5.74) is 5.31. The van der Waals surface area contributed by atoms with Crippen molar-refractivity contribution in [1.29, 1.82) is 0 Å². The molecule has 0 aliphatic rings. The number of nitrogens with zero attached hydrogens (tertiary/aromatic N) is 4. The van der Waals surface area contributed by atoms with Crippen molar-refractivity contribution < 1.29 is 14.7 Å². The Morgan fingerprint density at radius 2 is 1.95 bits per heavy atom. The summed E-state index contributed by atoms with van der Waals surface area (Å²) in [6.07, 6.45) is 4.93. The van der Waals surface area contributed by atoms with Crippen LogP contribution in [0.4, 0.5) is 0 Å². The zero-order chi connectivity index (χ0) is 15.5. The van der Waals surface area contributed by atoms with Crippen molar-refractivity contribution in [3.8, 4) is 0 Å². The SMILES string of the molecule is NC(CCC(=O)NCCCCCc1nncnn1)C(=O)O. The second kappa shape index (κ2) is 9.70. The number of carboxylic acid groups (broad SMARTS) is 1. The van der Waals surface area contributed by atoms with Crippen LogP contribution in [0, 0.1) is 0 Å². The van der Waals surface area contributed by atoms with Gasteiger partial charge in [-0.25, -0.2) is 0 Å². The Labute approximate surface area is 122 Å². The molecule has 1 rings (SSSR count). The molecule has 1 aromatic heterocycles. The van der Waals surface area contributed by atoms with Gasteiger partial charge in [-0.15, -0.1) is 20.4 Å². The lowest BCUT2D eigenvalue weighted by Crippen LogP contribution is -2.32. The third-order valence-corrected chi connectivity index (χ3v) is 2.85. The summed E-state index contributed by atoms with van der Waals surface area (Å²) in [5, 5.41) is 26.2. The molecule has 21 heavy (non-hydrogen) atoms. The minimum atomic E-state index is -1.09.